The fraction of sp³-hybridized carbons (Fsp3) is 0.100. The molecule has 4 aromatic carbocycles. The summed E-state index contributed by atoms with van der Waals surface area (Å²) in [5.41, 5.74) is 0.115. The molecule has 0 saturated heterocycles. The van der Waals surface area contributed by atoms with Crippen molar-refractivity contribution in [1.82, 2.24) is 0 Å². The highest BCUT2D eigenvalue weighted by Gasteiger charge is 2.09. The lowest BCUT2D eigenvalue weighted by Gasteiger charge is -2.09. The molecule has 0 bridgehead atoms. The molecule has 118 valence electrons. The van der Waals surface area contributed by atoms with E-state index in [2.05, 4.69) is 18.2 Å². The summed E-state index contributed by atoms with van der Waals surface area (Å²) in [5.74, 6) is 0.862. The Bertz CT molecular complexity index is 1100. The summed E-state index contributed by atoms with van der Waals surface area (Å²) < 4.78 is 5.57. The Morgan fingerprint density at radius 2 is 1.42 bits per heavy atom. The lowest BCUT2D eigenvalue weighted by molar-refractivity contribution is -0.384. The van der Waals surface area contributed by atoms with Crippen LogP contribution in [0.2, 0.25) is 0 Å². The fourth-order valence-electron chi connectivity index (χ4n) is 3.22. The quantitative estimate of drug-likeness (QED) is 0.287. The van der Waals surface area contributed by atoms with Crippen molar-refractivity contribution in [3.63, 3.8) is 0 Å². The average molecular weight is 317 g/mol. The van der Waals surface area contributed by atoms with Crippen molar-refractivity contribution in [2.24, 2.45) is 0 Å². The van der Waals surface area contributed by atoms with Crippen LogP contribution >= 0.6 is 0 Å². The predicted octanol–water partition coefficient (Wildman–Crippen LogP) is 5.45. The van der Waals surface area contributed by atoms with Gasteiger partial charge in [0.25, 0.3) is 5.69 Å². The zero-order chi connectivity index (χ0) is 16.7. The number of fused-ring (bicyclic) bond motifs is 5. The van der Waals surface area contributed by atoms with Crippen LogP contribution in [-0.2, 0) is 0 Å². The Kier molecular flexibility index (Phi) is 3.31. The second-order valence-electron chi connectivity index (χ2n) is 5.70. The molecule has 4 rings (SSSR count). The number of rotatable bonds is 3. The van der Waals surface area contributed by atoms with E-state index in [0.717, 1.165) is 38.1 Å². The second kappa shape index (κ2) is 5.49. The van der Waals surface area contributed by atoms with Gasteiger partial charge in [0.05, 0.1) is 11.5 Å². The molecule has 0 aliphatic rings. The topological polar surface area (TPSA) is 52.4 Å². The molecule has 0 aliphatic heterocycles. The Hall–Kier alpha value is -3.14. The minimum absolute atomic E-state index is 0.115. The lowest BCUT2D eigenvalue weighted by Crippen LogP contribution is -1.91. The first kappa shape index (κ1) is 14.5. The van der Waals surface area contributed by atoms with E-state index in [0.29, 0.717) is 6.61 Å². The van der Waals surface area contributed by atoms with E-state index in [-0.39, 0.29) is 10.6 Å². The van der Waals surface area contributed by atoms with E-state index < -0.39 is 0 Å². The third-order valence-corrected chi connectivity index (χ3v) is 4.31. The van der Waals surface area contributed by atoms with Gasteiger partial charge in [-0.15, -0.1) is 0 Å². The summed E-state index contributed by atoms with van der Waals surface area (Å²) in [5, 5.41) is 17.4. The van der Waals surface area contributed by atoms with Crippen molar-refractivity contribution in [2.45, 2.75) is 6.92 Å². The van der Waals surface area contributed by atoms with Gasteiger partial charge in [0, 0.05) is 12.1 Å². The van der Waals surface area contributed by atoms with Crippen molar-refractivity contribution in [1.29, 1.82) is 0 Å². The van der Waals surface area contributed by atoms with Crippen LogP contribution in [0.1, 0.15) is 6.92 Å². The van der Waals surface area contributed by atoms with Crippen molar-refractivity contribution >= 4 is 38.0 Å². The Morgan fingerprint density at radius 1 is 0.833 bits per heavy atom. The van der Waals surface area contributed by atoms with Gasteiger partial charge in [0.2, 0.25) is 0 Å². The summed E-state index contributed by atoms with van der Waals surface area (Å²) in [6.07, 6.45) is 0. The predicted molar refractivity (Wildman–Crippen MR) is 96.8 cm³/mol. The van der Waals surface area contributed by atoms with Gasteiger partial charge in [0.15, 0.2) is 0 Å². The minimum atomic E-state index is -0.362. The van der Waals surface area contributed by atoms with E-state index in [1.165, 1.54) is 0 Å². The summed E-state index contributed by atoms with van der Waals surface area (Å²) in [4.78, 5) is 10.6. The highest BCUT2D eigenvalue weighted by atomic mass is 16.6. The number of benzene rings is 4. The third kappa shape index (κ3) is 2.24. The molecule has 4 heteroatoms. The molecular weight excluding hydrogens is 302 g/mol. The van der Waals surface area contributed by atoms with Gasteiger partial charge in [-0.1, -0.05) is 30.3 Å². The van der Waals surface area contributed by atoms with E-state index in [9.17, 15) is 10.1 Å². The monoisotopic (exact) mass is 317 g/mol. The first-order valence-electron chi connectivity index (χ1n) is 7.84. The van der Waals surface area contributed by atoms with Gasteiger partial charge in [-0.25, -0.2) is 0 Å². The Balaban J connectivity index is 2.00. The summed E-state index contributed by atoms with van der Waals surface area (Å²) >= 11 is 0. The van der Waals surface area contributed by atoms with Gasteiger partial charge in [-0.3, -0.25) is 10.1 Å². The van der Waals surface area contributed by atoms with Crippen LogP contribution in [0.5, 0.6) is 5.75 Å². The van der Waals surface area contributed by atoms with Crippen LogP contribution in [0.3, 0.4) is 0 Å². The maximum absolute atomic E-state index is 11.0. The zero-order valence-electron chi connectivity index (χ0n) is 13.2. The molecule has 0 spiro atoms. The first-order valence-corrected chi connectivity index (χ1v) is 7.84. The molecule has 0 radical (unpaired) electrons. The van der Waals surface area contributed by atoms with Crippen LogP contribution < -0.4 is 4.74 Å². The van der Waals surface area contributed by atoms with Crippen LogP contribution in [0.25, 0.3) is 32.3 Å². The van der Waals surface area contributed by atoms with Crippen LogP contribution in [0.15, 0.2) is 60.7 Å². The number of hydrogen-bond acceptors (Lipinski definition) is 3. The smallest absolute Gasteiger partial charge is 0.270 e. The molecule has 0 N–H and O–H groups in total. The van der Waals surface area contributed by atoms with E-state index in [4.69, 9.17) is 4.74 Å². The second-order valence-corrected chi connectivity index (χ2v) is 5.70. The highest BCUT2D eigenvalue weighted by molar-refractivity contribution is 6.17. The molecule has 0 amide bonds. The minimum Gasteiger partial charge on any atom is -0.494 e. The average Bonchev–Trinajstić information content (AvgIpc) is 2.60. The van der Waals surface area contributed by atoms with Gasteiger partial charge in [0.1, 0.15) is 5.75 Å². The van der Waals surface area contributed by atoms with E-state index >= 15 is 0 Å². The van der Waals surface area contributed by atoms with Crippen LogP contribution in [-0.4, -0.2) is 11.5 Å². The number of nitro benzene ring substituents is 1. The number of ether oxygens (including phenoxy) is 1. The van der Waals surface area contributed by atoms with Crippen molar-refractivity contribution in [2.75, 3.05) is 6.61 Å². The summed E-state index contributed by atoms with van der Waals surface area (Å²) in [6, 6.07) is 19.2. The summed E-state index contributed by atoms with van der Waals surface area (Å²) in [6.45, 7) is 2.61. The number of nitro groups is 1. The summed E-state index contributed by atoms with van der Waals surface area (Å²) in [7, 11) is 0. The normalized spacial score (nSPS) is 11.2. The lowest BCUT2D eigenvalue weighted by atomic mass is 9.97. The molecule has 0 heterocycles. The molecule has 0 atom stereocenters. The van der Waals surface area contributed by atoms with Crippen LogP contribution in [0, 0.1) is 10.1 Å². The molecule has 4 nitrogen and oxygen atoms in total. The third-order valence-electron chi connectivity index (χ3n) is 4.31. The van der Waals surface area contributed by atoms with Crippen molar-refractivity contribution in [3.05, 3.63) is 70.8 Å². The molecule has 4 aromatic rings. The van der Waals surface area contributed by atoms with Gasteiger partial charge >= 0.3 is 0 Å². The zero-order valence-corrected chi connectivity index (χ0v) is 13.2. The van der Waals surface area contributed by atoms with E-state index in [1.54, 1.807) is 12.1 Å². The maximum Gasteiger partial charge on any atom is 0.270 e. The Morgan fingerprint density at radius 3 is 2.04 bits per heavy atom. The Labute approximate surface area is 138 Å². The van der Waals surface area contributed by atoms with Crippen molar-refractivity contribution in [3.8, 4) is 5.75 Å². The highest BCUT2D eigenvalue weighted by Crippen LogP contribution is 2.34. The standard InChI is InChI=1S/C20H15NO3/c1-2-24-16-6-10-18-14(12-16)4-8-19-17-9-5-15(21(22)23)11-13(17)3-7-20(18)19/h3-12H,2H2,1H3. The van der Waals surface area contributed by atoms with Gasteiger partial charge in [-0.05, 0) is 57.4 Å². The fourth-order valence-corrected chi connectivity index (χ4v) is 3.22. The molecule has 0 unspecified atom stereocenters. The number of hydrogen-bond donors (Lipinski definition) is 0. The molecule has 0 saturated carbocycles. The molecule has 0 aromatic heterocycles. The molecule has 0 fully saturated rings. The largest absolute Gasteiger partial charge is 0.494 e. The molecule has 24 heavy (non-hydrogen) atoms. The first-order chi connectivity index (χ1) is 11.7. The van der Waals surface area contributed by atoms with Gasteiger partial charge in [-0.2, -0.15) is 0 Å². The number of nitrogens with zero attached hydrogens (tertiary/aromatic N) is 1. The SMILES string of the molecule is CCOc1ccc2c(ccc3c4ccc([N+](=O)[O-])cc4ccc23)c1. The van der Waals surface area contributed by atoms with Gasteiger partial charge < -0.3 is 4.74 Å². The maximum atomic E-state index is 11.0. The number of non-ortho nitro benzene ring substituents is 1. The van der Waals surface area contributed by atoms with E-state index in [1.807, 2.05) is 37.3 Å². The van der Waals surface area contributed by atoms with Crippen molar-refractivity contribution < 1.29 is 9.66 Å². The van der Waals surface area contributed by atoms with Crippen LogP contribution in [0.4, 0.5) is 5.69 Å². The molecule has 0 aliphatic carbocycles. The molecular formula is C20H15NO3.